The van der Waals surface area contributed by atoms with Crippen LogP contribution in [0.25, 0.3) is 11.4 Å². The van der Waals surface area contributed by atoms with Crippen molar-refractivity contribution in [3.8, 4) is 11.4 Å². The van der Waals surface area contributed by atoms with Crippen LogP contribution in [0.2, 0.25) is 0 Å². The number of nitrogens with one attached hydrogen (secondary N) is 1. The zero-order chi connectivity index (χ0) is 17.9. The Morgan fingerprint density at radius 3 is 2.69 bits per heavy atom. The number of hydrogen-bond donors (Lipinski definition) is 1. The molecule has 2 aromatic heterocycles. The van der Waals surface area contributed by atoms with Crippen LogP contribution >= 0.6 is 0 Å². The van der Waals surface area contributed by atoms with Gasteiger partial charge in [-0.2, -0.15) is 4.73 Å². The number of nitrogens with zero attached hydrogens (tertiary/aromatic N) is 3. The van der Waals surface area contributed by atoms with Crippen molar-refractivity contribution in [1.82, 2.24) is 15.3 Å². The summed E-state index contributed by atoms with van der Waals surface area (Å²) >= 11 is 0. The SMILES string of the molecule is O=C(NC1CCCc2nc(-c3ccccc3)ncc21)c1cc[n+]([O-])cc1. The molecule has 0 bridgehead atoms. The third-order valence-corrected chi connectivity index (χ3v) is 4.58. The first-order valence-corrected chi connectivity index (χ1v) is 8.61. The van der Waals surface area contributed by atoms with E-state index in [0.29, 0.717) is 16.1 Å². The largest absolute Gasteiger partial charge is 0.619 e. The van der Waals surface area contributed by atoms with E-state index in [2.05, 4.69) is 10.3 Å². The lowest BCUT2D eigenvalue weighted by atomic mass is 9.92. The molecule has 0 spiro atoms. The maximum atomic E-state index is 12.5. The Labute approximate surface area is 151 Å². The molecule has 1 aromatic carbocycles. The van der Waals surface area contributed by atoms with Crippen LogP contribution in [-0.2, 0) is 6.42 Å². The van der Waals surface area contributed by atoms with Gasteiger partial charge >= 0.3 is 0 Å². The predicted octanol–water partition coefficient (Wildman–Crippen LogP) is 2.58. The Morgan fingerprint density at radius 2 is 1.92 bits per heavy atom. The van der Waals surface area contributed by atoms with Gasteiger partial charge in [0.1, 0.15) is 0 Å². The molecule has 1 aliphatic rings. The van der Waals surface area contributed by atoms with E-state index in [-0.39, 0.29) is 11.9 Å². The Balaban J connectivity index is 1.57. The minimum atomic E-state index is -0.199. The van der Waals surface area contributed by atoms with Crippen LogP contribution in [0.3, 0.4) is 0 Å². The topological polar surface area (TPSA) is 81.8 Å². The summed E-state index contributed by atoms with van der Waals surface area (Å²) in [4.78, 5) is 21.7. The van der Waals surface area contributed by atoms with Crippen molar-refractivity contribution in [3.05, 3.63) is 83.1 Å². The van der Waals surface area contributed by atoms with E-state index >= 15 is 0 Å². The summed E-state index contributed by atoms with van der Waals surface area (Å²) in [5, 5.41) is 14.2. The molecule has 0 radical (unpaired) electrons. The summed E-state index contributed by atoms with van der Waals surface area (Å²) in [7, 11) is 0. The van der Waals surface area contributed by atoms with Crippen LogP contribution in [0.4, 0.5) is 0 Å². The van der Waals surface area contributed by atoms with Crippen LogP contribution in [0.15, 0.2) is 61.1 Å². The van der Waals surface area contributed by atoms with Gasteiger partial charge in [0.15, 0.2) is 18.2 Å². The molecule has 1 unspecified atom stereocenters. The first-order valence-electron chi connectivity index (χ1n) is 8.61. The number of rotatable bonds is 3. The lowest BCUT2D eigenvalue weighted by Crippen LogP contribution is -2.32. The van der Waals surface area contributed by atoms with Crippen molar-refractivity contribution in [2.45, 2.75) is 25.3 Å². The quantitative estimate of drug-likeness (QED) is 0.584. The van der Waals surface area contributed by atoms with Gasteiger partial charge in [-0.1, -0.05) is 30.3 Å². The number of fused-ring (bicyclic) bond motifs is 1. The fourth-order valence-corrected chi connectivity index (χ4v) is 3.23. The zero-order valence-electron chi connectivity index (χ0n) is 14.1. The monoisotopic (exact) mass is 346 g/mol. The van der Waals surface area contributed by atoms with Crippen molar-refractivity contribution in [2.75, 3.05) is 0 Å². The fraction of sp³-hybridized carbons (Fsp3) is 0.200. The van der Waals surface area contributed by atoms with Crippen LogP contribution < -0.4 is 10.0 Å². The van der Waals surface area contributed by atoms with E-state index in [1.54, 1.807) is 0 Å². The van der Waals surface area contributed by atoms with E-state index < -0.39 is 0 Å². The number of benzene rings is 1. The highest BCUT2D eigenvalue weighted by Crippen LogP contribution is 2.29. The van der Waals surface area contributed by atoms with Crippen molar-refractivity contribution in [2.24, 2.45) is 0 Å². The first kappa shape index (κ1) is 16.2. The molecule has 0 aliphatic heterocycles. The molecule has 6 nitrogen and oxygen atoms in total. The van der Waals surface area contributed by atoms with Gasteiger partial charge in [-0.15, -0.1) is 0 Å². The Bertz CT molecular complexity index is 926. The molecule has 2 heterocycles. The second-order valence-corrected chi connectivity index (χ2v) is 6.33. The molecule has 0 saturated heterocycles. The second-order valence-electron chi connectivity index (χ2n) is 6.33. The molecule has 1 atom stereocenters. The molecular weight excluding hydrogens is 328 g/mol. The van der Waals surface area contributed by atoms with Gasteiger partial charge in [0, 0.05) is 35.2 Å². The maximum Gasteiger partial charge on any atom is 0.252 e. The van der Waals surface area contributed by atoms with E-state index in [1.807, 2.05) is 36.5 Å². The lowest BCUT2D eigenvalue weighted by Gasteiger charge is -2.25. The smallest absolute Gasteiger partial charge is 0.252 e. The minimum absolute atomic E-state index is 0.115. The number of aromatic nitrogens is 3. The molecular formula is C20H18N4O2. The summed E-state index contributed by atoms with van der Waals surface area (Å²) in [6, 6.07) is 12.8. The number of carbonyl (C=O) groups is 1. The van der Waals surface area contributed by atoms with Gasteiger partial charge in [-0.05, 0) is 19.3 Å². The van der Waals surface area contributed by atoms with E-state index in [0.717, 1.165) is 36.1 Å². The van der Waals surface area contributed by atoms with E-state index in [4.69, 9.17) is 4.98 Å². The molecule has 130 valence electrons. The van der Waals surface area contributed by atoms with Crippen molar-refractivity contribution >= 4 is 5.91 Å². The van der Waals surface area contributed by atoms with Gasteiger partial charge in [-0.25, -0.2) is 9.97 Å². The highest BCUT2D eigenvalue weighted by atomic mass is 16.5. The Hall–Kier alpha value is -3.28. The van der Waals surface area contributed by atoms with Crippen LogP contribution in [0.1, 0.15) is 40.5 Å². The predicted molar refractivity (Wildman–Crippen MR) is 96.0 cm³/mol. The molecule has 3 aromatic rings. The number of hydrogen-bond acceptors (Lipinski definition) is 4. The standard InChI is InChI=1S/C20H18N4O2/c25-20(15-9-11-24(26)12-10-15)23-18-8-4-7-17-16(18)13-21-19(22-17)14-5-2-1-3-6-14/h1-3,5-6,9-13,18H,4,7-8H2,(H,23,25). The summed E-state index contributed by atoms with van der Waals surface area (Å²) in [5.74, 6) is 0.509. The number of amides is 1. The molecule has 26 heavy (non-hydrogen) atoms. The molecule has 6 heteroatoms. The van der Waals surface area contributed by atoms with Crippen molar-refractivity contribution < 1.29 is 9.52 Å². The molecule has 1 amide bonds. The number of carbonyl (C=O) groups excluding carboxylic acids is 1. The third-order valence-electron chi connectivity index (χ3n) is 4.58. The average molecular weight is 346 g/mol. The van der Waals surface area contributed by atoms with E-state index in [1.165, 1.54) is 24.5 Å². The Kier molecular flexibility index (Phi) is 4.31. The summed E-state index contributed by atoms with van der Waals surface area (Å²) in [5.41, 5.74) is 3.41. The van der Waals surface area contributed by atoms with Gasteiger partial charge in [0.25, 0.3) is 5.91 Å². The second kappa shape index (κ2) is 6.92. The summed E-state index contributed by atoms with van der Waals surface area (Å²) < 4.78 is 0.658. The van der Waals surface area contributed by atoms with Gasteiger partial charge < -0.3 is 10.5 Å². The molecule has 0 fully saturated rings. The fourth-order valence-electron chi connectivity index (χ4n) is 3.23. The zero-order valence-corrected chi connectivity index (χ0v) is 14.1. The summed E-state index contributed by atoms with van der Waals surface area (Å²) in [6.07, 6.45) is 7.15. The summed E-state index contributed by atoms with van der Waals surface area (Å²) in [6.45, 7) is 0. The molecule has 1 N–H and O–H groups in total. The highest BCUT2D eigenvalue weighted by molar-refractivity contribution is 5.94. The maximum absolute atomic E-state index is 12.5. The highest BCUT2D eigenvalue weighted by Gasteiger charge is 2.24. The van der Waals surface area contributed by atoms with Crippen LogP contribution in [0.5, 0.6) is 0 Å². The first-order chi connectivity index (χ1) is 12.7. The van der Waals surface area contributed by atoms with Gasteiger partial charge in [0.05, 0.1) is 11.6 Å². The lowest BCUT2D eigenvalue weighted by molar-refractivity contribution is -0.605. The van der Waals surface area contributed by atoms with Crippen molar-refractivity contribution in [3.63, 3.8) is 0 Å². The van der Waals surface area contributed by atoms with Gasteiger partial charge in [-0.3, -0.25) is 4.79 Å². The van der Waals surface area contributed by atoms with Crippen LogP contribution in [0, 0.1) is 5.21 Å². The Morgan fingerprint density at radius 1 is 1.15 bits per heavy atom. The van der Waals surface area contributed by atoms with Gasteiger partial charge in [0.2, 0.25) is 0 Å². The molecule has 1 aliphatic carbocycles. The average Bonchev–Trinajstić information content (AvgIpc) is 2.69. The molecule has 4 rings (SSSR count). The normalized spacial score (nSPS) is 15.9. The van der Waals surface area contributed by atoms with Crippen LogP contribution in [-0.4, -0.2) is 15.9 Å². The number of aryl methyl sites for hydroxylation is 1. The van der Waals surface area contributed by atoms with Crippen molar-refractivity contribution in [1.29, 1.82) is 0 Å². The number of pyridine rings is 1. The third kappa shape index (κ3) is 3.26. The van der Waals surface area contributed by atoms with E-state index in [9.17, 15) is 10.0 Å². The minimum Gasteiger partial charge on any atom is -0.619 e. The molecule has 0 saturated carbocycles.